The smallest absolute Gasteiger partial charge is 0.408 e. The predicted octanol–water partition coefficient (Wildman–Crippen LogP) is 4.84. The second-order valence-corrected chi connectivity index (χ2v) is 13.3. The molecule has 8 bridgehead atoms. The number of alkyl halides is 3. The molecule has 1 saturated heterocycles. The Morgan fingerprint density at radius 3 is 2.73 bits per heavy atom. The summed E-state index contributed by atoms with van der Waals surface area (Å²) >= 11 is 0. The minimum atomic E-state index is -4.64. The number of benzene rings is 1. The highest BCUT2D eigenvalue weighted by atomic mass is 31.2. The molecule has 5 heterocycles. The van der Waals surface area contributed by atoms with Crippen molar-refractivity contribution in [2.75, 3.05) is 44.8 Å². The fraction of sp³-hybridized carbons (Fsp3) is 0.520. The van der Waals surface area contributed by atoms with E-state index in [2.05, 4.69) is 30.6 Å². The van der Waals surface area contributed by atoms with E-state index in [0.717, 1.165) is 57.9 Å². The first-order chi connectivity index (χ1) is 17.6. The Morgan fingerprint density at radius 2 is 1.95 bits per heavy atom. The Morgan fingerprint density at radius 1 is 1.14 bits per heavy atom. The van der Waals surface area contributed by atoms with E-state index >= 15 is 0 Å². The van der Waals surface area contributed by atoms with Gasteiger partial charge in [-0.2, -0.15) is 18.7 Å². The molecule has 1 fully saturated rings. The minimum Gasteiger partial charge on any atom is -0.408 e. The zero-order valence-corrected chi connectivity index (χ0v) is 21.9. The van der Waals surface area contributed by atoms with E-state index in [1.807, 2.05) is 0 Å². The summed E-state index contributed by atoms with van der Waals surface area (Å²) < 4.78 is 55.5. The van der Waals surface area contributed by atoms with Crippen molar-refractivity contribution in [2.45, 2.75) is 44.3 Å². The van der Waals surface area contributed by atoms with Crippen LogP contribution in [0.15, 0.2) is 24.5 Å². The summed E-state index contributed by atoms with van der Waals surface area (Å²) in [5.74, 6) is 0.566. The Balaban J connectivity index is 1.65. The van der Waals surface area contributed by atoms with Gasteiger partial charge in [-0.25, -0.2) is 9.97 Å². The van der Waals surface area contributed by atoms with Gasteiger partial charge >= 0.3 is 6.18 Å². The first-order valence-corrected chi connectivity index (χ1v) is 15.2. The van der Waals surface area contributed by atoms with Crippen LogP contribution >= 0.6 is 7.14 Å². The molecular weight excluding hydrogens is 504 g/mol. The maximum Gasteiger partial charge on any atom is 0.419 e. The van der Waals surface area contributed by atoms with Crippen molar-refractivity contribution >= 4 is 29.3 Å². The van der Waals surface area contributed by atoms with Gasteiger partial charge in [-0.3, -0.25) is 0 Å². The van der Waals surface area contributed by atoms with Crippen molar-refractivity contribution in [1.29, 1.82) is 0 Å². The average Bonchev–Trinajstić information content (AvgIpc) is 3.25. The van der Waals surface area contributed by atoms with Gasteiger partial charge in [0.25, 0.3) is 0 Å². The van der Waals surface area contributed by atoms with Gasteiger partial charge in [0, 0.05) is 42.5 Å². The number of H-pyrrole nitrogens is 1. The molecule has 37 heavy (non-hydrogen) atoms. The first-order valence-electron chi connectivity index (χ1n) is 12.6. The van der Waals surface area contributed by atoms with E-state index in [1.54, 1.807) is 25.5 Å². The van der Waals surface area contributed by atoms with Crippen LogP contribution in [-0.2, 0) is 10.7 Å². The molecule has 2 atom stereocenters. The molecule has 0 saturated carbocycles. The molecule has 2 aromatic heterocycles. The summed E-state index contributed by atoms with van der Waals surface area (Å²) in [4.78, 5) is 19.7. The maximum absolute atomic E-state index is 14.1. The molecule has 3 aliphatic rings. The zero-order valence-electron chi connectivity index (χ0n) is 21.0. The van der Waals surface area contributed by atoms with Crippen LogP contribution in [0.3, 0.4) is 0 Å². The van der Waals surface area contributed by atoms with Crippen molar-refractivity contribution in [2.24, 2.45) is 0 Å². The van der Waals surface area contributed by atoms with Crippen molar-refractivity contribution in [3.8, 4) is 17.0 Å². The number of rotatable bonds is 1. The van der Waals surface area contributed by atoms with Crippen LogP contribution in [0, 0.1) is 0 Å². The number of fused-ring (bicyclic) bond motifs is 7. The van der Waals surface area contributed by atoms with E-state index in [0.29, 0.717) is 28.5 Å². The number of hydroxylamine groups is 1. The molecule has 1 unspecified atom stereocenters. The lowest BCUT2D eigenvalue weighted by Gasteiger charge is -2.33. The highest BCUT2D eigenvalue weighted by Gasteiger charge is 2.37. The second kappa shape index (κ2) is 10.3. The molecule has 1 aromatic carbocycles. The average molecular weight is 537 g/mol. The Kier molecular flexibility index (Phi) is 7.22. The number of nitrogens with one attached hydrogen (secondary N) is 3. The summed E-state index contributed by atoms with van der Waals surface area (Å²) in [7, 11) is -2.88. The number of aromatic amines is 1. The fourth-order valence-corrected chi connectivity index (χ4v) is 6.61. The number of nitrogens with zero attached hydrogens (tertiary/aromatic N) is 3. The van der Waals surface area contributed by atoms with Crippen LogP contribution in [-0.4, -0.2) is 65.4 Å². The van der Waals surface area contributed by atoms with Crippen LogP contribution in [0.4, 0.5) is 19.1 Å². The minimum absolute atomic E-state index is 0.0543. The monoisotopic (exact) mass is 536 g/mol. The molecule has 200 valence electrons. The highest BCUT2D eigenvalue weighted by molar-refractivity contribution is 7.70. The SMILES string of the molecule is CP(C)(=O)c1c2ccc3c(c[nH]c13)-c1nc(ncc1C(F)(F)F)N[C@@H]1CCCN(CCCCCNO2)C1. The summed E-state index contributed by atoms with van der Waals surface area (Å²) in [6, 6.07) is 3.39. The fourth-order valence-electron chi connectivity index (χ4n) is 5.24. The van der Waals surface area contributed by atoms with Crippen molar-refractivity contribution < 1.29 is 22.6 Å². The number of anilines is 1. The van der Waals surface area contributed by atoms with Gasteiger partial charge in [0.15, 0.2) is 5.75 Å². The molecule has 6 rings (SSSR count). The topological polar surface area (TPSA) is 95.2 Å². The predicted molar refractivity (Wildman–Crippen MR) is 139 cm³/mol. The van der Waals surface area contributed by atoms with Gasteiger partial charge in [-0.1, -0.05) is 6.42 Å². The van der Waals surface area contributed by atoms with Gasteiger partial charge in [0.2, 0.25) is 5.95 Å². The molecule has 0 radical (unpaired) electrons. The lowest BCUT2D eigenvalue weighted by molar-refractivity contribution is -0.137. The van der Waals surface area contributed by atoms with Crippen molar-refractivity contribution in [1.82, 2.24) is 25.3 Å². The summed E-state index contributed by atoms with van der Waals surface area (Å²) in [6.07, 6.45) is 2.59. The molecule has 0 spiro atoms. The lowest BCUT2D eigenvalue weighted by Crippen LogP contribution is -2.42. The van der Waals surface area contributed by atoms with Gasteiger partial charge in [0.05, 0.1) is 16.5 Å². The summed E-state index contributed by atoms with van der Waals surface area (Å²) in [5.41, 5.74) is 2.58. The highest BCUT2D eigenvalue weighted by Crippen LogP contribution is 2.44. The number of aromatic nitrogens is 3. The van der Waals surface area contributed by atoms with E-state index < -0.39 is 18.9 Å². The molecule has 3 aromatic rings. The number of hydrogen-bond acceptors (Lipinski definition) is 7. The Hall–Kier alpha value is -2.62. The molecular formula is C25H32F3N6O2P. The van der Waals surface area contributed by atoms with E-state index in [1.165, 1.54) is 6.20 Å². The third-order valence-electron chi connectivity index (χ3n) is 6.95. The third-order valence-corrected chi connectivity index (χ3v) is 8.47. The van der Waals surface area contributed by atoms with Gasteiger partial charge in [-0.15, -0.1) is 0 Å². The molecule has 8 nitrogen and oxygen atoms in total. The van der Waals surface area contributed by atoms with Crippen LogP contribution in [0.2, 0.25) is 0 Å². The van der Waals surface area contributed by atoms with Crippen LogP contribution in [0.5, 0.6) is 5.75 Å². The molecule has 3 aliphatic heterocycles. The van der Waals surface area contributed by atoms with Gasteiger partial charge in [-0.05, 0) is 64.2 Å². The lowest BCUT2D eigenvalue weighted by atomic mass is 10.0. The van der Waals surface area contributed by atoms with E-state index in [9.17, 15) is 17.7 Å². The van der Waals surface area contributed by atoms with Crippen LogP contribution in [0.25, 0.3) is 22.2 Å². The van der Waals surface area contributed by atoms with Gasteiger partial charge in [0.1, 0.15) is 12.7 Å². The molecule has 12 heteroatoms. The van der Waals surface area contributed by atoms with E-state index in [-0.39, 0.29) is 23.2 Å². The maximum atomic E-state index is 14.1. The standard InChI is InChI=1S/C25H32F3N6O2P/c1-37(2,35)23-20-9-8-17-18(13-29-22(17)23)21-19(25(26,27)28)14-30-24(33-21)32-16-7-6-12-34(15-16)11-5-3-4-10-31-36-20/h8-9,13-14,16,29,31H,3-7,10-12,15H2,1-2H3,(H,30,32,33)/t16-/m1/s1. The van der Waals surface area contributed by atoms with Gasteiger partial charge < -0.3 is 24.6 Å². The first kappa shape index (κ1) is 26.0. The Labute approximate surface area is 213 Å². The quantitative estimate of drug-likeness (QED) is 0.384. The van der Waals surface area contributed by atoms with Crippen LogP contribution in [0.1, 0.15) is 37.7 Å². The Bertz CT molecular complexity index is 1320. The third kappa shape index (κ3) is 5.63. The molecule has 0 aliphatic carbocycles. The zero-order chi connectivity index (χ0) is 26.2. The van der Waals surface area contributed by atoms with Crippen LogP contribution < -0.4 is 20.9 Å². The number of hydrogen-bond donors (Lipinski definition) is 3. The van der Waals surface area contributed by atoms with E-state index in [4.69, 9.17) is 4.84 Å². The second-order valence-electron chi connectivity index (χ2n) is 10.2. The van der Waals surface area contributed by atoms with Crippen molar-refractivity contribution in [3.63, 3.8) is 0 Å². The number of halogens is 3. The molecule has 3 N–H and O–H groups in total. The molecule has 0 amide bonds. The van der Waals surface area contributed by atoms with Crippen molar-refractivity contribution in [3.05, 3.63) is 30.1 Å². The summed E-state index contributed by atoms with van der Waals surface area (Å²) in [6.45, 7) is 6.62. The normalized spacial score (nSPS) is 21.6. The summed E-state index contributed by atoms with van der Waals surface area (Å²) in [5, 5.41) is 4.22. The largest absolute Gasteiger partial charge is 0.419 e. The number of piperidine rings is 1.